The molecule has 0 spiro atoms. The van der Waals surface area contributed by atoms with Gasteiger partial charge in [-0.25, -0.2) is 12.7 Å². The van der Waals surface area contributed by atoms with Crippen molar-refractivity contribution in [3.8, 4) is 5.75 Å². The van der Waals surface area contributed by atoms with E-state index in [2.05, 4.69) is 10.6 Å². The number of sulfonamides is 1. The molecule has 0 aromatic heterocycles. The van der Waals surface area contributed by atoms with Crippen LogP contribution in [0, 0.1) is 10.8 Å². The van der Waals surface area contributed by atoms with Gasteiger partial charge in [0.05, 0.1) is 10.7 Å². The molecule has 0 saturated heterocycles. The zero-order valence-electron chi connectivity index (χ0n) is 19.2. The van der Waals surface area contributed by atoms with Crippen molar-refractivity contribution in [1.29, 1.82) is 0 Å². The van der Waals surface area contributed by atoms with Crippen LogP contribution in [0.5, 0.6) is 5.75 Å². The van der Waals surface area contributed by atoms with Crippen LogP contribution in [-0.2, 0) is 19.6 Å². The maximum atomic E-state index is 12.6. The number of phenols is 1. The third-order valence-corrected chi connectivity index (χ3v) is 7.67. The van der Waals surface area contributed by atoms with Crippen molar-refractivity contribution >= 4 is 38.9 Å². The van der Waals surface area contributed by atoms with Gasteiger partial charge in [-0.3, -0.25) is 9.59 Å². The van der Waals surface area contributed by atoms with Gasteiger partial charge in [0.1, 0.15) is 17.0 Å². The van der Waals surface area contributed by atoms with Gasteiger partial charge in [0.15, 0.2) is 5.75 Å². The van der Waals surface area contributed by atoms with Gasteiger partial charge in [-0.2, -0.15) is 0 Å². The number of nitrogens with one attached hydrogen (secondary N) is 2. The van der Waals surface area contributed by atoms with E-state index in [0.717, 1.165) is 4.31 Å². The predicted octanol–water partition coefficient (Wildman–Crippen LogP) is 2.65. The molecule has 2 unspecified atom stereocenters. The zero-order chi connectivity index (χ0) is 24.1. The number of anilines is 1. The fourth-order valence-corrected chi connectivity index (χ4v) is 5.55. The highest BCUT2D eigenvalue weighted by molar-refractivity contribution is 7.89. The van der Waals surface area contributed by atoms with Gasteiger partial charge < -0.3 is 15.7 Å². The highest BCUT2D eigenvalue weighted by Gasteiger charge is 2.52. The summed E-state index contributed by atoms with van der Waals surface area (Å²) in [5.74, 6) is -1.79. The number of carbonyl (C=O) groups is 2. The Morgan fingerprint density at radius 2 is 1.48 bits per heavy atom. The second kappa shape index (κ2) is 8.35. The Morgan fingerprint density at radius 1 is 1.00 bits per heavy atom. The molecule has 31 heavy (non-hydrogen) atoms. The Morgan fingerprint density at radius 3 is 1.94 bits per heavy atom. The summed E-state index contributed by atoms with van der Waals surface area (Å²) < 4.78 is 26.1. The van der Waals surface area contributed by atoms with E-state index in [-0.39, 0.29) is 27.6 Å². The summed E-state index contributed by atoms with van der Waals surface area (Å²) in [6, 6.07) is 0.849. The van der Waals surface area contributed by atoms with Crippen molar-refractivity contribution in [2.24, 2.45) is 10.8 Å². The molecule has 0 aliphatic heterocycles. The van der Waals surface area contributed by atoms with E-state index >= 15 is 0 Å². The SMILES string of the molecule is CN(C)S(=O)(=O)c1c(Cl)ccc(NC2C(=O)C(=O)C2NC(C(C)(C)C)C(C)(C)C)c1O. The molecule has 2 rings (SSSR count). The van der Waals surface area contributed by atoms with Gasteiger partial charge in [0, 0.05) is 20.1 Å². The van der Waals surface area contributed by atoms with Crippen molar-refractivity contribution in [1.82, 2.24) is 9.62 Å². The predicted molar refractivity (Wildman–Crippen MR) is 121 cm³/mol. The van der Waals surface area contributed by atoms with Crippen molar-refractivity contribution in [3.05, 3.63) is 17.2 Å². The van der Waals surface area contributed by atoms with Gasteiger partial charge in [0.25, 0.3) is 0 Å². The summed E-state index contributed by atoms with van der Waals surface area (Å²) in [4.78, 5) is 24.2. The zero-order valence-corrected chi connectivity index (χ0v) is 20.8. The molecule has 0 bridgehead atoms. The number of Topliss-reactive ketones (excluding diaryl/α,β-unsaturated/α-hetero) is 2. The number of halogens is 1. The molecule has 3 N–H and O–H groups in total. The number of hydrogen-bond acceptors (Lipinski definition) is 7. The van der Waals surface area contributed by atoms with Crippen LogP contribution in [-0.4, -0.2) is 61.6 Å². The summed E-state index contributed by atoms with van der Waals surface area (Å²) in [5, 5.41) is 16.6. The molecule has 0 heterocycles. The largest absolute Gasteiger partial charge is 0.504 e. The van der Waals surface area contributed by atoms with Crippen molar-refractivity contribution in [3.63, 3.8) is 0 Å². The Balaban J connectivity index is 2.40. The van der Waals surface area contributed by atoms with Crippen LogP contribution >= 0.6 is 11.6 Å². The topological polar surface area (TPSA) is 116 Å². The van der Waals surface area contributed by atoms with Gasteiger partial charge >= 0.3 is 0 Å². The summed E-state index contributed by atoms with van der Waals surface area (Å²) in [6.07, 6.45) is 0. The number of rotatable bonds is 6. The van der Waals surface area contributed by atoms with E-state index in [1.165, 1.54) is 26.2 Å². The fourth-order valence-electron chi connectivity index (χ4n) is 4.07. The second-order valence-corrected chi connectivity index (χ2v) is 12.7. The maximum Gasteiger partial charge on any atom is 0.247 e. The molecule has 2 atom stereocenters. The lowest BCUT2D eigenvalue weighted by Gasteiger charge is -2.46. The lowest BCUT2D eigenvalue weighted by molar-refractivity contribution is -0.146. The lowest BCUT2D eigenvalue weighted by atomic mass is 9.70. The molecular formula is C21H32ClN3O5S. The van der Waals surface area contributed by atoms with Crippen LogP contribution in [0.2, 0.25) is 5.02 Å². The molecule has 174 valence electrons. The van der Waals surface area contributed by atoms with Crippen LogP contribution in [0.1, 0.15) is 41.5 Å². The average Bonchev–Trinajstić information content (AvgIpc) is 2.59. The summed E-state index contributed by atoms with van der Waals surface area (Å²) in [5.41, 5.74) is -0.390. The summed E-state index contributed by atoms with van der Waals surface area (Å²) in [7, 11) is -1.40. The Labute approximate surface area is 189 Å². The lowest BCUT2D eigenvalue weighted by Crippen LogP contribution is -2.71. The Bertz CT molecular complexity index is 979. The fraction of sp³-hybridized carbons (Fsp3) is 0.619. The molecule has 0 radical (unpaired) electrons. The van der Waals surface area contributed by atoms with Crippen molar-refractivity contribution in [2.45, 2.75) is 64.6 Å². The van der Waals surface area contributed by atoms with E-state index in [1.54, 1.807) is 0 Å². The first-order valence-corrected chi connectivity index (χ1v) is 11.8. The van der Waals surface area contributed by atoms with E-state index in [9.17, 15) is 23.1 Å². The molecule has 1 aliphatic carbocycles. The van der Waals surface area contributed by atoms with Crippen molar-refractivity contribution in [2.75, 3.05) is 19.4 Å². The van der Waals surface area contributed by atoms with Crippen LogP contribution in [0.25, 0.3) is 0 Å². The standard InChI is InChI=1S/C21H32ClN3O5S/c1-20(2,3)19(21(4,5)6)24-14-13(16(27)17(14)28)23-12-10-9-11(22)18(15(12)26)31(29,30)25(7)8/h9-10,13-14,19,23-24,26H,1-8H3. The first-order chi connectivity index (χ1) is 13.9. The smallest absolute Gasteiger partial charge is 0.247 e. The van der Waals surface area contributed by atoms with Crippen molar-refractivity contribution < 1.29 is 23.1 Å². The minimum atomic E-state index is -4.04. The van der Waals surface area contributed by atoms with E-state index in [0.29, 0.717) is 0 Å². The molecule has 1 aromatic rings. The third-order valence-electron chi connectivity index (χ3n) is 5.35. The molecule has 1 saturated carbocycles. The van der Waals surface area contributed by atoms with Crippen LogP contribution in [0.4, 0.5) is 5.69 Å². The van der Waals surface area contributed by atoms with E-state index in [1.807, 2.05) is 41.5 Å². The van der Waals surface area contributed by atoms with Gasteiger partial charge in [0.2, 0.25) is 21.6 Å². The molecule has 8 nitrogen and oxygen atoms in total. The third kappa shape index (κ3) is 4.89. The highest BCUT2D eigenvalue weighted by Crippen LogP contribution is 2.40. The number of nitrogens with zero attached hydrogens (tertiary/aromatic N) is 1. The number of aromatic hydroxyl groups is 1. The minimum absolute atomic E-state index is 0.00513. The van der Waals surface area contributed by atoms with Crippen LogP contribution in [0.15, 0.2) is 17.0 Å². The van der Waals surface area contributed by atoms with Crippen LogP contribution < -0.4 is 10.6 Å². The molecule has 1 aromatic carbocycles. The number of benzene rings is 1. The number of phenolic OH excluding ortho intramolecular Hbond substituents is 1. The molecule has 1 fully saturated rings. The molecule has 10 heteroatoms. The number of carbonyl (C=O) groups excluding carboxylic acids is 2. The Kier molecular flexibility index (Phi) is 6.89. The number of hydrogen-bond donors (Lipinski definition) is 3. The molecule has 0 amide bonds. The Hall–Kier alpha value is -1.68. The van der Waals surface area contributed by atoms with Crippen LogP contribution in [0.3, 0.4) is 0 Å². The van der Waals surface area contributed by atoms with E-state index in [4.69, 9.17) is 11.6 Å². The first-order valence-electron chi connectivity index (χ1n) is 9.95. The average molecular weight is 474 g/mol. The first kappa shape index (κ1) is 25.6. The monoisotopic (exact) mass is 473 g/mol. The highest BCUT2D eigenvalue weighted by atomic mass is 35.5. The molecule has 1 aliphatic rings. The quantitative estimate of drug-likeness (QED) is 0.429. The van der Waals surface area contributed by atoms with E-state index < -0.39 is 44.3 Å². The minimum Gasteiger partial charge on any atom is -0.504 e. The summed E-state index contributed by atoms with van der Waals surface area (Å²) in [6.45, 7) is 12.3. The van der Waals surface area contributed by atoms with Gasteiger partial charge in [-0.1, -0.05) is 53.1 Å². The normalized spacial score (nSPS) is 20.4. The molecular weight excluding hydrogens is 442 g/mol. The van der Waals surface area contributed by atoms with Gasteiger partial charge in [-0.15, -0.1) is 0 Å². The van der Waals surface area contributed by atoms with Gasteiger partial charge in [-0.05, 0) is 23.0 Å². The summed E-state index contributed by atoms with van der Waals surface area (Å²) >= 11 is 6.04. The second-order valence-electron chi connectivity index (χ2n) is 10.2. The maximum absolute atomic E-state index is 12.6. The number of ketones is 2.